The summed E-state index contributed by atoms with van der Waals surface area (Å²) in [6.07, 6.45) is -4.78. The van der Waals surface area contributed by atoms with Crippen LogP contribution in [0.4, 0.5) is 13.2 Å². The Hall–Kier alpha value is 0.0500. The summed E-state index contributed by atoms with van der Waals surface area (Å²) < 4.78 is 39.7. The normalized spacial score (nSPS) is 11.6. The van der Waals surface area contributed by atoms with Crippen LogP contribution in [0.3, 0.4) is 0 Å². The summed E-state index contributed by atoms with van der Waals surface area (Å²) in [5.74, 6) is -0.657. The van der Waals surface area contributed by atoms with E-state index in [0.717, 1.165) is 6.07 Å². The molecule has 0 aliphatic carbocycles. The van der Waals surface area contributed by atoms with Gasteiger partial charge < -0.3 is 9.84 Å². The van der Waals surface area contributed by atoms with Gasteiger partial charge in [-0.2, -0.15) is 0 Å². The van der Waals surface area contributed by atoms with Crippen molar-refractivity contribution in [2.24, 2.45) is 0 Å². The topological polar surface area (TPSA) is 29.5 Å². The number of phenolic OH excluding ortho intramolecular Hbond substituents is 1. The lowest BCUT2D eigenvalue weighted by Crippen LogP contribution is -2.17. The van der Waals surface area contributed by atoms with E-state index in [1.165, 1.54) is 0 Å². The zero-order chi connectivity index (χ0) is 11.8. The molecule has 0 fully saturated rings. The molecule has 0 saturated carbocycles. The van der Waals surface area contributed by atoms with Crippen LogP contribution in [0.1, 0.15) is 0 Å². The zero-order valence-corrected chi connectivity index (χ0v) is 11.5. The van der Waals surface area contributed by atoms with Crippen molar-refractivity contribution in [3.8, 4) is 11.5 Å². The smallest absolute Gasteiger partial charge is 0.506 e. The molecule has 0 amide bonds. The van der Waals surface area contributed by atoms with Gasteiger partial charge in [0.05, 0.1) is 13.4 Å². The van der Waals surface area contributed by atoms with Crippen molar-refractivity contribution in [2.45, 2.75) is 6.36 Å². The summed E-state index contributed by atoms with van der Waals surface area (Å²) in [5.41, 5.74) is 0. The van der Waals surface area contributed by atoms with Crippen LogP contribution in [0.2, 0.25) is 0 Å². The van der Waals surface area contributed by atoms with E-state index in [2.05, 4.69) is 52.5 Å². The van der Waals surface area contributed by atoms with Crippen LogP contribution < -0.4 is 4.74 Å². The van der Waals surface area contributed by atoms with Gasteiger partial charge >= 0.3 is 6.36 Å². The summed E-state index contributed by atoms with van der Waals surface area (Å²) >= 11 is 8.67. The second-order valence-corrected chi connectivity index (χ2v) is 4.82. The van der Waals surface area contributed by atoms with E-state index in [9.17, 15) is 18.3 Å². The molecule has 2 nitrogen and oxygen atoms in total. The van der Waals surface area contributed by atoms with Crippen molar-refractivity contribution in [1.29, 1.82) is 0 Å². The van der Waals surface area contributed by atoms with Crippen LogP contribution in [0.15, 0.2) is 19.5 Å². The van der Waals surface area contributed by atoms with Crippen LogP contribution in [0.5, 0.6) is 11.5 Å². The van der Waals surface area contributed by atoms with E-state index in [1.54, 1.807) is 0 Å². The Kier molecular flexibility index (Phi) is 3.94. The summed E-state index contributed by atoms with van der Waals surface area (Å²) in [6.45, 7) is 0. The quantitative estimate of drug-likeness (QED) is 0.682. The van der Waals surface area contributed by atoms with E-state index in [-0.39, 0.29) is 19.2 Å². The van der Waals surface area contributed by atoms with Crippen LogP contribution in [0, 0.1) is 0 Å². The van der Waals surface area contributed by atoms with E-state index in [0.29, 0.717) is 0 Å². The van der Waals surface area contributed by atoms with Crippen LogP contribution in [-0.4, -0.2) is 11.5 Å². The van der Waals surface area contributed by atoms with Gasteiger partial charge in [-0.05, 0) is 53.9 Å². The molecule has 0 heterocycles. The molecule has 0 aliphatic heterocycles. The van der Waals surface area contributed by atoms with Gasteiger partial charge in [0.1, 0.15) is 11.5 Å². The first kappa shape index (κ1) is 13.1. The first-order valence-corrected chi connectivity index (χ1v) is 5.72. The van der Waals surface area contributed by atoms with Crippen molar-refractivity contribution in [3.05, 3.63) is 19.5 Å². The first-order chi connectivity index (χ1) is 6.72. The number of benzene rings is 1. The molecule has 1 rings (SSSR count). The molecule has 0 spiro atoms. The minimum Gasteiger partial charge on any atom is -0.506 e. The fourth-order valence-corrected chi connectivity index (χ4v) is 2.23. The highest BCUT2D eigenvalue weighted by atomic mass is 79.9. The van der Waals surface area contributed by atoms with Crippen molar-refractivity contribution in [2.75, 3.05) is 0 Å². The maximum absolute atomic E-state index is 11.9. The number of hydrogen-bond donors (Lipinski definition) is 1. The Morgan fingerprint density at radius 3 is 2.13 bits per heavy atom. The zero-order valence-electron chi connectivity index (χ0n) is 6.70. The molecule has 8 heteroatoms. The van der Waals surface area contributed by atoms with Gasteiger partial charge in [-0.3, -0.25) is 0 Å². The average Bonchev–Trinajstić information content (AvgIpc) is 2.08. The third-order valence-corrected chi connectivity index (χ3v) is 4.02. The Morgan fingerprint density at radius 1 is 1.13 bits per heavy atom. The molecule has 0 bridgehead atoms. The second kappa shape index (κ2) is 4.50. The molecule has 84 valence electrons. The average molecular weight is 415 g/mol. The fraction of sp³-hybridized carbons (Fsp3) is 0.143. The summed E-state index contributed by atoms with van der Waals surface area (Å²) in [6, 6.07) is 1.01. The molecule has 1 aromatic rings. The van der Waals surface area contributed by atoms with Gasteiger partial charge in [0.25, 0.3) is 0 Å². The number of halogens is 6. The Labute approximate surface area is 108 Å². The lowest BCUT2D eigenvalue weighted by atomic mass is 10.3. The number of rotatable bonds is 1. The largest absolute Gasteiger partial charge is 0.573 e. The van der Waals surface area contributed by atoms with Gasteiger partial charge in [-0.1, -0.05) is 0 Å². The van der Waals surface area contributed by atoms with Gasteiger partial charge in [0.15, 0.2) is 0 Å². The van der Waals surface area contributed by atoms with Gasteiger partial charge in [-0.25, -0.2) is 0 Å². The van der Waals surface area contributed by atoms with Crippen LogP contribution in [0.25, 0.3) is 0 Å². The highest BCUT2D eigenvalue weighted by Crippen LogP contribution is 2.44. The summed E-state index contributed by atoms with van der Waals surface area (Å²) in [5, 5.41) is 9.35. The van der Waals surface area contributed by atoms with Gasteiger partial charge in [0, 0.05) is 0 Å². The molecule has 0 aromatic heterocycles. The van der Waals surface area contributed by atoms with E-state index < -0.39 is 12.1 Å². The molecule has 0 radical (unpaired) electrons. The Bertz CT molecular complexity index is 392. The van der Waals surface area contributed by atoms with Crippen molar-refractivity contribution in [1.82, 2.24) is 0 Å². The van der Waals surface area contributed by atoms with Crippen molar-refractivity contribution >= 4 is 47.8 Å². The predicted octanol–water partition coefficient (Wildman–Crippen LogP) is 4.58. The molecule has 1 N–H and O–H groups in total. The number of phenols is 1. The van der Waals surface area contributed by atoms with E-state index in [1.807, 2.05) is 0 Å². The molecule has 0 atom stereocenters. The maximum Gasteiger partial charge on any atom is 0.573 e. The summed E-state index contributed by atoms with van der Waals surface area (Å²) in [7, 11) is 0. The van der Waals surface area contributed by atoms with Gasteiger partial charge in [0.2, 0.25) is 0 Å². The van der Waals surface area contributed by atoms with Crippen LogP contribution in [-0.2, 0) is 0 Å². The maximum atomic E-state index is 11.9. The predicted molar refractivity (Wildman–Crippen MR) is 57.9 cm³/mol. The minimum absolute atomic E-state index is 0.0134. The van der Waals surface area contributed by atoms with Crippen molar-refractivity contribution in [3.63, 3.8) is 0 Å². The van der Waals surface area contributed by atoms with E-state index >= 15 is 0 Å². The van der Waals surface area contributed by atoms with Crippen LogP contribution >= 0.6 is 47.8 Å². The number of hydrogen-bond acceptors (Lipinski definition) is 2. The lowest BCUT2D eigenvalue weighted by Gasteiger charge is -2.12. The third-order valence-electron chi connectivity index (χ3n) is 1.33. The first-order valence-electron chi connectivity index (χ1n) is 3.34. The molecule has 0 unspecified atom stereocenters. The molecular formula is C7H2Br3F3O2. The monoisotopic (exact) mass is 412 g/mol. The highest BCUT2D eigenvalue weighted by molar-refractivity contribution is 9.13. The second-order valence-electron chi connectivity index (χ2n) is 2.38. The number of alkyl halides is 3. The third kappa shape index (κ3) is 3.25. The van der Waals surface area contributed by atoms with Crippen molar-refractivity contribution < 1.29 is 23.0 Å². The SMILES string of the molecule is Oc1c(Br)cc(OC(F)(F)F)c(Br)c1Br. The van der Waals surface area contributed by atoms with E-state index in [4.69, 9.17) is 0 Å². The molecule has 0 aliphatic rings. The standard InChI is InChI=1S/C7H2Br3F3O2/c8-2-1-3(15-7(11,12)13)4(9)5(10)6(2)14/h1,14H. The van der Waals surface area contributed by atoms with Gasteiger partial charge in [-0.15, -0.1) is 13.2 Å². The lowest BCUT2D eigenvalue weighted by molar-refractivity contribution is -0.275. The molecular weight excluding hydrogens is 413 g/mol. The Morgan fingerprint density at radius 2 is 1.67 bits per heavy atom. The minimum atomic E-state index is -4.78. The number of ether oxygens (including phenoxy) is 1. The summed E-state index contributed by atoms with van der Waals surface area (Å²) in [4.78, 5) is 0. The number of aromatic hydroxyl groups is 1. The highest BCUT2D eigenvalue weighted by Gasteiger charge is 2.33. The molecule has 15 heavy (non-hydrogen) atoms. The molecule has 1 aromatic carbocycles. The molecule has 0 saturated heterocycles. The Balaban J connectivity index is 3.21. The fourth-order valence-electron chi connectivity index (χ4n) is 0.763.